The first-order chi connectivity index (χ1) is 16.9. The van der Waals surface area contributed by atoms with Crippen molar-refractivity contribution >= 4 is 0 Å². The molecule has 36 heavy (non-hydrogen) atoms. The van der Waals surface area contributed by atoms with Gasteiger partial charge < -0.3 is 0 Å². The van der Waals surface area contributed by atoms with Gasteiger partial charge in [0.05, 0.1) is 0 Å². The summed E-state index contributed by atoms with van der Waals surface area (Å²) in [6.45, 7) is 19.5. The topological polar surface area (TPSA) is 0 Å². The first-order valence-electron chi connectivity index (χ1n) is 16.9. The van der Waals surface area contributed by atoms with Gasteiger partial charge in [-0.3, -0.25) is 0 Å². The minimum Gasteiger partial charge on any atom is -0.0630 e. The minimum absolute atomic E-state index is 0.833. The van der Waals surface area contributed by atoms with Crippen molar-refractivity contribution in [1.82, 2.24) is 0 Å². The van der Waals surface area contributed by atoms with E-state index in [9.17, 15) is 0 Å². The summed E-state index contributed by atoms with van der Waals surface area (Å²) in [5.41, 5.74) is 2.75. The predicted molar refractivity (Wildman–Crippen MR) is 166 cm³/mol. The van der Waals surface area contributed by atoms with Gasteiger partial charge in [-0.1, -0.05) is 120 Å². The molecule has 0 radical (unpaired) electrons. The Kier molecular flexibility index (Phi) is 16.6. The van der Waals surface area contributed by atoms with E-state index in [1.54, 1.807) is 77.0 Å². The van der Waals surface area contributed by atoms with Gasteiger partial charge in [-0.15, -0.1) is 0 Å². The summed E-state index contributed by atoms with van der Waals surface area (Å²) in [7, 11) is 0. The SMILES string of the molecule is C1CCC2(C1)CCC2.C1CCC2(C1)CCC2.C1CCC2(C1)CCC2.CC(C)C.CC(C)C.CC(C)C. The lowest BCUT2D eigenvalue weighted by atomic mass is 9.68. The molecular weight excluding hydrogens is 432 g/mol. The summed E-state index contributed by atoms with van der Waals surface area (Å²) in [6, 6.07) is 0. The molecule has 0 amide bonds. The zero-order chi connectivity index (χ0) is 27.1. The Morgan fingerprint density at radius 3 is 0.417 bits per heavy atom. The molecule has 0 bridgehead atoms. The van der Waals surface area contributed by atoms with Crippen LogP contribution in [0.1, 0.15) is 197 Å². The molecule has 0 atom stereocenters. The van der Waals surface area contributed by atoms with Crippen LogP contribution in [0.3, 0.4) is 0 Å². The van der Waals surface area contributed by atoms with E-state index in [0.29, 0.717) is 0 Å². The zero-order valence-electron chi connectivity index (χ0n) is 27.1. The maximum Gasteiger partial charge on any atom is -0.0297 e. The normalized spacial score (nSPS) is 25.0. The van der Waals surface area contributed by atoms with Crippen LogP contribution in [0.2, 0.25) is 0 Å². The molecule has 0 aromatic rings. The van der Waals surface area contributed by atoms with Gasteiger partial charge in [0.25, 0.3) is 0 Å². The third-order valence-electron chi connectivity index (χ3n) is 9.24. The molecule has 0 aromatic heterocycles. The Morgan fingerprint density at radius 2 is 0.361 bits per heavy atom. The van der Waals surface area contributed by atoms with Crippen molar-refractivity contribution in [3.63, 3.8) is 0 Å². The Morgan fingerprint density at radius 1 is 0.250 bits per heavy atom. The van der Waals surface area contributed by atoms with Crippen LogP contribution in [0.4, 0.5) is 0 Å². The minimum atomic E-state index is 0.833. The van der Waals surface area contributed by atoms with Crippen LogP contribution in [-0.4, -0.2) is 0 Å². The van der Waals surface area contributed by atoms with Gasteiger partial charge in [-0.2, -0.15) is 0 Å². The van der Waals surface area contributed by atoms with Crippen molar-refractivity contribution in [2.45, 2.75) is 197 Å². The zero-order valence-corrected chi connectivity index (χ0v) is 27.1. The van der Waals surface area contributed by atoms with Gasteiger partial charge in [0, 0.05) is 0 Å². The molecule has 0 heteroatoms. The van der Waals surface area contributed by atoms with Crippen molar-refractivity contribution in [2.75, 3.05) is 0 Å². The Balaban J connectivity index is 0.000000224. The van der Waals surface area contributed by atoms with Crippen molar-refractivity contribution in [1.29, 1.82) is 0 Å². The molecule has 0 unspecified atom stereocenters. The smallest absolute Gasteiger partial charge is 0.0297 e. The van der Waals surface area contributed by atoms with Gasteiger partial charge in [0.1, 0.15) is 0 Å². The molecule has 6 aliphatic carbocycles. The third-order valence-corrected chi connectivity index (χ3v) is 9.24. The highest BCUT2D eigenvalue weighted by molar-refractivity contribution is 4.92. The Hall–Kier alpha value is 0. The molecule has 3 spiro atoms. The maximum atomic E-state index is 2.17. The largest absolute Gasteiger partial charge is 0.0630 e. The van der Waals surface area contributed by atoms with Gasteiger partial charge >= 0.3 is 0 Å². The molecule has 0 N–H and O–H groups in total. The lowest BCUT2D eigenvalue weighted by Crippen LogP contribution is -2.24. The van der Waals surface area contributed by atoms with Crippen LogP contribution in [0, 0.1) is 34.0 Å². The van der Waals surface area contributed by atoms with Crippen LogP contribution in [0.25, 0.3) is 0 Å². The predicted octanol–water partition coefficient (Wildman–Crippen LogP) is 13.2. The molecule has 6 rings (SSSR count). The number of hydrogen-bond donors (Lipinski definition) is 0. The summed E-state index contributed by atoms with van der Waals surface area (Å²) < 4.78 is 0. The van der Waals surface area contributed by atoms with Crippen molar-refractivity contribution in [2.24, 2.45) is 34.0 Å². The highest BCUT2D eigenvalue weighted by Gasteiger charge is 2.40. The van der Waals surface area contributed by atoms with E-state index in [-0.39, 0.29) is 0 Å². The van der Waals surface area contributed by atoms with Crippen molar-refractivity contribution < 1.29 is 0 Å². The highest BCUT2D eigenvalue weighted by atomic mass is 14.5. The molecule has 0 nitrogen and oxygen atoms in total. The molecule has 6 fully saturated rings. The van der Waals surface area contributed by atoms with Crippen molar-refractivity contribution in [3.8, 4) is 0 Å². The summed E-state index contributed by atoms with van der Waals surface area (Å²) in [6.07, 6.45) is 32.5. The first-order valence-corrected chi connectivity index (χ1v) is 16.9. The van der Waals surface area contributed by atoms with Gasteiger partial charge in [0.2, 0.25) is 0 Å². The third kappa shape index (κ3) is 14.2. The average molecular weight is 505 g/mol. The van der Waals surface area contributed by atoms with Crippen LogP contribution in [0.15, 0.2) is 0 Å². The van der Waals surface area contributed by atoms with Gasteiger partial charge in [-0.05, 0) is 111 Å². The van der Waals surface area contributed by atoms with Crippen LogP contribution in [0.5, 0.6) is 0 Å². The second-order valence-corrected chi connectivity index (χ2v) is 15.9. The summed E-state index contributed by atoms with van der Waals surface area (Å²) >= 11 is 0. The second kappa shape index (κ2) is 17.6. The molecule has 0 saturated heterocycles. The van der Waals surface area contributed by atoms with Crippen LogP contribution in [-0.2, 0) is 0 Å². The number of rotatable bonds is 0. The fourth-order valence-electron chi connectivity index (χ4n) is 6.91. The van der Waals surface area contributed by atoms with Crippen molar-refractivity contribution in [3.05, 3.63) is 0 Å². The summed E-state index contributed by atoms with van der Waals surface area (Å²) in [5, 5.41) is 0. The molecule has 6 saturated carbocycles. The van der Waals surface area contributed by atoms with E-state index in [1.807, 2.05) is 0 Å². The van der Waals surface area contributed by atoms with E-state index in [0.717, 1.165) is 34.0 Å². The first kappa shape index (κ1) is 34.0. The molecule has 0 aliphatic heterocycles. The van der Waals surface area contributed by atoms with Crippen LogP contribution < -0.4 is 0 Å². The molecular formula is C36H72. The molecule has 216 valence electrons. The average Bonchev–Trinajstić information content (AvgIpc) is 3.46. The van der Waals surface area contributed by atoms with Gasteiger partial charge in [-0.25, -0.2) is 0 Å². The molecule has 6 aliphatic rings. The monoisotopic (exact) mass is 505 g/mol. The molecule has 0 aromatic carbocycles. The Bertz CT molecular complexity index is 404. The summed E-state index contributed by atoms with van der Waals surface area (Å²) in [4.78, 5) is 0. The van der Waals surface area contributed by atoms with Crippen LogP contribution >= 0.6 is 0 Å². The summed E-state index contributed by atoms with van der Waals surface area (Å²) in [5.74, 6) is 2.50. The van der Waals surface area contributed by atoms with E-state index in [1.165, 1.54) is 57.8 Å². The fraction of sp³-hybridized carbons (Fsp3) is 1.00. The maximum absolute atomic E-state index is 2.17. The Labute approximate surface area is 231 Å². The second-order valence-electron chi connectivity index (χ2n) is 15.9. The van der Waals surface area contributed by atoms with E-state index < -0.39 is 0 Å². The lowest BCUT2D eigenvalue weighted by Gasteiger charge is -2.38. The standard InChI is InChI=1S/3C8H14.3C4H10/c3*1-2-5-8(4-1)6-3-7-8;3*1-4(2)3/h3*1-7H2;3*4H,1-3H3. The van der Waals surface area contributed by atoms with Gasteiger partial charge in [0.15, 0.2) is 0 Å². The van der Waals surface area contributed by atoms with E-state index in [2.05, 4.69) is 62.3 Å². The lowest BCUT2D eigenvalue weighted by molar-refractivity contribution is 0.144. The van der Waals surface area contributed by atoms with E-state index in [4.69, 9.17) is 0 Å². The molecule has 0 heterocycles. The highest BCUT2D eigenvalue weighted by Crippen LogP contribution is 2.54. The quantitative estimate of drug-likeness (QED) is 0.307. The van der Waals surface area contributed by atoms with E-state index >= 15 is 0 Å². The fourth-order valence-corrected chi connectivity index (χ4v) is 6.91. The number of hydrogen-bond acceptors (Lipinski definition) is 0.